The number of aliphatic hydroxyl groups is 1. The summed E-state index contributed by atoms with van der Waals surface area (Å²) in [4.78, 5) is 17.2. The molecule has 0 fully saturated rings. The molecule has 0 saturated carbocycles. The summed E-state index contributed by atoms with van der Waals surface area (Å²) in [7, 11) is 1.59. The molecule has 2 N–H and O–H groups in total. The van der Waals surface area contributed by atoms with Gasteiger partial charge in [-0.15, -0.1) is 0 Å². The average Bonchev–Trinajstić information content (AvgIpc) is 2.80. The Labute approximate surface area is 135 Å². The summed E-state index contributed by atoms with van der Waals surface area (Å²) < 4.78 is 5.09. The Morgan fingerprint density at radius 3 is 2.52 bits per heavy atom. The van der Waals surface area contributed by atoms with Crippen LogP contribution in [0.15, 0.2) is 46.5 Å². The summed E-state index contributed by atoms with van der Waals surface area (Å²) >= 11 is 0. The third-order valence-corrected chi connectivity index (χ3v) is 3.16. The van der Waals surface area contributed by atoms with E-state index in [0.29, 0.717) is 11.4 Å². The molecule has 0 aromatic heterocycles. The molecule has 2 rings (SSSR count). The lowest BCUT2D eigenvalue weighted by Gasteiger charge is -2.04. The second-order valence-corrected chi connectivity index (χ2v) is 5.34. The van der Waals surface area contributed by atoms with Crippen LogP contribution in [0.5, 0.6) is 5.75 Å². The zero-order valence-corrected chi connectivity index (χ0v) is 13.6. The van der Waals surface area contributed by atoms with Crippen molar-refractivity contribution in [3.8, 4) is 5.75 Å². The van der Waals surface area contributed by atoms with E-state index in [9.17, 15) is 9.90 Å². The second kappa shape index (κ2) is 7.00. The number of nitrogens with zero attached hydrogens (tertiary/aromatic N) is 1. The molecular weight excluding hydrogens is 296 g/mol. The average molecular weight is 316 g/mol. The molecule has 0 bridgehead atoms. The maximum atomic E-state index is 12.0. The smallest absolute Gasteiger partial charge is 0.261 e. The number of benzene rings is 1. The number of carbonyl (C=O) groups is 1. The van der Waals surface area contributed by atoms with Crippen molar-refractivity contribution in [2.24, 2.45) is 5.16 Å². The van der Waals surface area contributed by atoms with E-state index in [2.05, 4.69) is 10.5 Å². The highest BCUT2D eigenvalue weighted by atomic mass is 16.6. The van der Waals surface area contributed by atoms with E-state index in [4.69, 9.17) is 9.57 Å². The number of hydrogen-bond acceptors (Lipinski definition) is 5. The molecule has 1 heterocycles. The van der Waals surface area contributed by atoms with Gasteiger partial charge in [0, 0.05) is 0 Å². The van der Waals surface area contributed by atoms with Gasteiger partial charge in [0.1, 0.15) is 17.4 Å². The van der Waals surface area contributed by atoms with Crippen LogP contribution in [-0.4, -0.2) is 29.9 Å². The maximum absolute atomic E-state index is 12.0. The van der Waals surface area contributed by atoms with Gasteiger partial charge in [0.25, 0.3) is 5.91 Å². The number of amides is 1. The van der Waals surface area contributed by atoms with Gasteiger partial charge in [-0.1, -0.05) is 17.3 Å². The van der Waals surface area contributed by atoms with Crippen LogP contribution in [0.3, 0.4) is 0 Å². The third kappa shape index (κ3) is 3.91. The minimum Gasteiger partial charge on any atom is -0.505 e. The molecule has 0 saturated heterocycles. The largest absolute Gasteiger partial charge is 0.505 e. The highest BCUT2D eigenvalue weighted by molar-refractivity contribution is 6.24. The summed E-state index contributed by atoms with van der Waals surface area (Å²) in [6.45, 7) is 5.27. The van der Waals surface area contributed by atoms with Crippen molar-refractivity contribution in [2.75, 3.05) is 7.11 Å². The van der Waals surface area contributed by atoms with Crippen molar-refractivity contribution in [1.29, 1.82) is 0 Å². The highest BCUT2D eigenvalue weighted by Gasteiger charge is 2.29. The number of ether oxygens (including phenoxy) is 1. The number of oxime groups is 1. The van der Waals surface area contributed by atoms with Crippen molar-refractivity contribution in [3.63, 3.8) is 0 Å². The molecule has 0 spiro atoms. The third-order valence-electron chi connectivity index (χ3n) is 3.16. The Kier molecular flexibility index (Phi) is 5.05. The van der Waals surface area contributed by atoms with Crippen LogP contribution < -0.4 is 10.1 Å². The molecule has 1 aliphatic rings. The summed E-state index contributed by atoms with van der Waals surface area (Å²) in [5.74, 6) is 0.187. The van der Waals surface area contributed by atoms with Gasteiger partial charge in [-0.25, -0.2) is 0 Å². The molecule has 1 amide bonds. The molecule has 0 aliphatic carbocycles. The number of rotatable bonds is 5. The molecule has 6 heteroatoms. The van der Waals surface area contributed by atoms with Crippen molar-refractivity contribution in [2.45, 2.75) is 26.9 Å². The lowest BCUT2D eigenvalue weighted by atomic mass is 10.1. The van der Waals surface area contributed by atoms with Crippen LogP contribution in [0, 0.1) is 0 Å². The van der Waals surface area contributed by atoms with Crippen LogP contribution in [0.4, 0.5) is 0 Å². The van der Waals surface area contributed by atoms with E-state index >= 15 is 0 Å². The fourth-order valence-corrected chi connectivity index (χ4v) is 2.02. The fraction of sp³-hybridized carbons (Fsp3) is 0.294. The molecule has 1 aromatic carbocycles. The predicted octanol–water partition coefficient (Wildman–Crippen LogP) is 2.78. The van der Waals surface area contributed by atoms with Crippen molar-refractivity contribution in [3.05, 3.63) is 46.9 Å². The summed E-state index contributed by atoms with van der Waals surface area (Å²) in [5, 5.41) is 16.8. The van der Waals surface area contributed by atoms with E-state index in [1.54, 1.807) is 32.2 Å². The molecule has 1 aromatic rings. The Morgan fingerprint density at radius 1 is 1.30 bits per heavy atom. The quantitative estimate of drug-likeness (QED) is 0.646. The van der Waals surface area contributed by atoms with E-state index in [1.165, 1.54) is 0 Å². The first-order chi connectivity index (χ1) is 10.9. The van der Waals surface area contributed by atoms with Gasteiger partial charge in [0.05, 0.1) is 18.5 Å². The van der Waals surface area contributed by atoms with Gasteiger partial charge in [0.15, 0.2) is 5.76 Å². The first-order valence-electron chi connectivity index (χ1n) is 7.24. The van der Waals surface area contributed by atoms with Gasteiger partial charge in [-0.05, 0) is 44.5 Å². The molecule has 0 atom stereocenters. The second-order valence-electron chi connectivity index (χ2n) is 5.34. The van der Waals surface area contributed by atoms with Gasteiger partial charge in [-0.3, -0.25) is 4.79 Å². The van der Waals surface area contributed by atoms with Crippen molar-refractivity contribution >= 4 is 17.7 Å². The van der Waals surface area contributed by atoms with Crippen LogP contribution >= 0.6 is 0 Å². The Morgan fingerprint density at radius 2 is 1.96 bits per heavy atom. The van der Waals surface area contributed by atoms with E-state index in [0.717, 1.165) is 11.3 Å². The Balaban J connectivity index is 2.29. The highest BCUT2D eigenvalue weighted by Crippen LogP contribution is 2.23. The van der Waals surface area contributed by atoms with Crippen LogP contribution in [0.25, 0.3) is 6.08 Å². The lowest BCUT2D eigenvalue weighted by molar-refractivity contribution is -0.115. The number of hydrogen-bond donors (Lipinski definition) is 2. The molecule has 0 radical (unpaired) electrons. The van der Waals surface area contributed by atoms with E-state index < -0.39 is 5.91 Å². The van der Waals surface area contributed by atoms with E-state index in [-0.39, 0.29) is 17.4 Å². The predicted molar refractivity (Wildman–Crippen MR) is 88.1 cm³/mol. The fourth-order valence-electron chi connectivity index (χ4n) is 2.02. The van der Waals surface area contributed by atoms with Crippen molar-refractivity contribution in [1.82, 2.24) is 5.32 Å². The van der Waals surface area contributed by atoms with Gasteiger partial charge >= 0.3 is 0 Å². The molecule has 23 heavy (non-hydrogen) atoms. The number of methoxy groups -OCH3 is 1. The summed E-state index contributed by atoms with van der Waals surface area (Å²) in [6.07, 6.45) is 1.57. The monoisotopic (exact) mass is 316 g/mol. The molecule has 0 unspecified atom stereocenters. The zero-order chi connectivity index (χ0) is 17.0. The van der Waals surface area contributed by atoms with Crippen LogP contribution in [-0.2, 0) is 9.63 Å². The number of aliphatic hydroxyl groups excluding tert-OH is 1. The SMILES string of the molecule is COc1ccc(/C=C2\NC(=O)C(C(/C)=N/OC(C)C)=C2O)cc1. The Bertz CT molecular complexity index is 685. The molecular formula is C17H20N2O4. The van der Waals surface area contributed by atoms with Crippen molar-refractivity contribution < 1.29 is 19.5 Å². The number of carbonyl (C=O) groups excluding carboxylic acids is 1. The van der Waals surface area contributed by atoms with Gasteiger partial charge in [-0.2, -0.15) is 0 Å². The van der Waals surface area contributed by atoms with E-state index in [1.807, 2.05) is 26.0 Å². The molecule has 1 aliphatic heterocycles. The molecule has 6 nitrogen and oxygen atoms in total. The Hall–Kier alpha value is -2.76. The minimum absolute atomic E-state index is 0.105. The number of nitrogens with one attached hydrogen (secondary N) is 1. The first-order valence-corrected chi connectivity index (χ1v) is 7.24. The minimum atomic E-state index is -0.407. The standard InChI is InChI=1S/C17H20N2O4/c1-10(2)23-19-11(3)15-16(20)14(18-17(15)21)9-12-5-7-13(22-4)8-6-12/h5-10,20H,1-4H3,(H,18,21)/b14-9-,19-11+. The molecule has 122 valence electrons. The van der Waals surface area contributed by atoms with Gasteiger partial charge in [0.2, 0.25) is 0 Å². The zero-order valence-electron chi connectivity index (χ0n) is 13.6. The summed E-state index contributed by atoms with van der Waals surface area (Å²) in [6, 6.07) is 7.25. The maximum Gasteiger partial charge on any atom is 0.261 e. The van der Waals surface area contributed by atoms with Crippen LogP contribution in [0.2, 0.25) is 0 Å². The van der Waals surface area contributed by atoms with Crippen LogP contribution in [0.1, 0.15) is 26.3 Å². The lowest BCUT2D eigenvalue weighted by Crippen LogP contribution is -2.19. The van der Waals surface area contributed by atoms with Gasteiger partial charge < -0.3 is 20.0 Å². The normalized spacial score (nSPS) is 17.0. The summed E-state index contributed by atoms with van der Waals surface area (Å²) in [5.41, 5.74) is 1.59. The topological polar surface area (TPSA) is 80.2 Å². The first kappa shape index (κ1) is 16.6.